The highest BCUT2D eigenvalue weighted by molar-refractivity contribution is 7.25. The first-order chi connectivity index (χ1) is 27.3. The number of furan rings is 1. The van der Waals surface area contributed by atoms with Gasteiger partial charge in [-0.1, -0.05) is 97.1 Å². The lowest BCUT2D eigenvalue weighted by molar-refractivity contribution is 0.620. The minimum atomic E-state index is 0.563. The van der Waals surface area contributed by atoms with E-state index in [-0.39, 0.29) is 0 Å². The summed E-state index contributed by atoms with van der Waals surface area (Å²) in [5.41, 5.74) is 10.2. The minimum absolute atomic E-state index is 0.563. The topological polar surface area (TPSA) is 47.3 Å². The van der Waals surface area contributed by atoms with Crippen LogP contribution in [0.5, 0.6) is 0 Å². The average Bonchev–Trinajstić information content (AvgIpc) is 4.02. The Balaban J connectivity index is 1.24. The van der Waals surface area contributed by atoms with Crippen molar-refractivity contribution in [2.24, 2.45) is 0 Å². The maximum Gasteiger partial charge on any atom is 0.227 e. The van der Waals surface area contributed by atoms with Crippen LogP contribution >= 0.6 is 11.3 Å². The molecule has 0 aliphatic carbocycles. The summed E-state index contributed by atoms with van der Waals surface area (Å²) in [5, 5.41) is 6.70. The number of anilines is 3. The molecule has 0 unspecified atom stereocenters. The second kappa shape index (κ2) is 11.7. The van der Waals surface area contributed by atoms with Gasteiger partial charge in [-0.2, -0.15) is 0 Å². The highest BCUT2D eigenvalue weighted by atomic mass is 32.1. The van der Waals surface area contributed by atoms with E-state index in [0.29, 0.717) is 11.5 Å². The fraction of sp³-hybridized carbons (Fsp3) is 0. The second-order valence-electron chi connectivity index (χ2n) is 13.9. The van der Waals surface area contributed by atoms with E-state index < -0.39 is 0 Å². The second-order valence-corrected chi connectivity index (χ2v) is 15.0. The Labute approximate surface area is 318 Å². The number of rotatable bonds is 5. The van der Waals surface area contributed by atoms with E-state index in [1.54, 1.807) is 0 Å². The molecule has 0 aliphatic rings. The first-order valence-electron chi connectivity index (χ1n) is 18.4. The van der Waals surface area contributed by atoms with Crippen molar-refractivity contribution in [1.82, 2.24) is 9.55 Å². The SMILES string of the molecule is c1ccc(-c2nc3c(o2)c(N(c2ccc4sc5ccccc5c4c2)c2cccc4c2c2ccccc2n4-c2ccccc2)cc2oc4ccccc4c23)cc1. The van der Waals surface area contributed by atoms with E-state index in [1.807, 2.05) is 59.9 Å². The zero-order chi connectivity index (χ0) is 36.0. The summed E-state index contributed by atoms with van der Waals surface area (Å²) in [6.45, 7) is 0. The summed E-state index contributed by atoms with van der Waals surface area (Å²) in [7, 11) is 0. The number of hydrogen-bond acceptors (Lipinski definition) is 5. The van der Waals surface area contributed by atoms with Crippen molar-refractivity contribution in [3.8, 4) is 17.1 Å². The molecule has 0 aliphatic heterocycles. The summed E-state index contributed by atoms with van der Waals surface area (Å²) in [6.07, 6.45) is 0. The number of oxazole rings is 1. The fourth-order valence-corrected chi connectivity index (χ4v) is 9.52. The van der Waals surface area contributed by atoms with Gasteiger partial charge in [-0.3, -0.25) is 0 Å². The van der Waals surface area contributed by atoms with Crippen LogP contribution < -0.4 is 4.90 Å². The number of para-hydroxylation sites is 3. The molecule has 0 amide bonds. The van der Waals surface area contributed by atoms with E-state index in [0.717, 1.165) is 77.6 Å². The zero-order valence-corrected chi connectivity index (χ0v) is 30.1. The van der Waals surface area contributed by atoms with Gasteiger partial charge in [0.2, 0.25) is 5.89 Å². The van der Waals surface area contributed by atoms with Crippen LogP contribution in [0.3, 0.4) is 0 Å². The average molecular weight is 724 g/mol. The normalized spacial score (nSPS) is 12.0. The summed E-state index contributed by atoms with van der Waals surface area (Å²) in [5.74, 6) is 0.563. The Morgan fingerprint density at radius 1 is 0.491 bits per heavy atom. The van der Waals surface area contributed by atoms with Crippen molar-refractivity contribution in [2.45, 2.75) is 0 Å². The predicted octanol–water partition coefficient (Wildman–Crippen LogP) is 14.3. The fourth-order valence-electron chi connectivity index (χ4n) is 8.44. The van der Waals surface area contributed by atoms with E-state index in [1.165, 1.54) is 20.2 Å². The van der Waals surface area contributed by atoms with Crippen LogP contribution in [0.25, 0.3) is 92.2 Å². The largest absolute Gasteiger partial charge is 0.456 e. The van der Waals surface area contributed by atoms with E-state index in [2.05, 4.69) is 137 Å². The molecule has 0 radical (unpaired) electrons. The molecule has 0 saturated heterocycles. The Morgan fingerprint density at radius 3 is 2.07 bits per heavy atom. The highest BCUT2D eigenvalue weighted by Gasteiger charge is 2.28. The van der Waals surface area contributed by atoms with Crippen LogP contribution in [0.2, 0.25) is 0 Å². The summed E-state index contributed by atoms with van der Waals surface area (Å²) in [4.78, 5) is 7.60. The van der Waals surface area contributed by atoms with Crippen LogP contribution in [-0.4, -0.2) is 9.55 Å². The minimum Gasteiger partial charge on any atom is -0.456 e. The molecule has 4 heterocycles. The lowest BCUT2D eigenvalue weighted by Crippen LogP contribution is -2.11. The number of thiophene rings is 1. The lowest BCUT2D eigenvalue weighted by atomic mass is 10.1. The third-order valence-electron chi connectivity index (χ3n) is 10.8. The van der Waals surface area contributed by atoms with Gasteiger partial charge >= 0.3 is 0 Å². The molecule has 12 rings (SSSR count). The summed E-state index contributed by atoms with van der Waals surface area (Å²) >= 11 is 1.82. The van der Waals surface area contributed by atoms with Crippen molar-refractivity contribution in [2.75, 3.05) is 4.90 Å². The van der Waals surface area contributed by atoms with Crippen LogP contribution in [0.15, 0.2) is 185 Å². The molecule has 6 heteroatoms. The van der Waals surface area contributed by atoms with Crippen LogP contribution in [-0.2, 0) is 0 Å². The van der Waals surface area contributed by atoms with E-state index in [4.69, 9.17) is 13.8 Å². The number of hydrogen-bond donors (Lipinski definition) is 0. The molecular formula is C49H29N3O2S. The molecule has 8 aromatic carbocycles. The van der Waals surface area contributed by atoms with Gasteiger partial charge in [0.1, 0.15) is 16.7 Å². The number of benzene rings is 8. The Kier molecular flexibility index (Phi) is 6.44. The maximum absolute atomic E-state index is 6.95. The monoisotopic (exact) mass is 723 g/mol. The van der Waals surface area contributed by atoms with Crippen LogP contribution in [0, 0.1) is 0 Å². The Hall–Kier alpha value is -7.15. The molecule has 4 aromatic heterocycles. The third kappa shape index (κ3) is 4.49. The predicted molar refractivity (Wildman–Crippen MR) is 229 cm³/mol. The quantitative estimate of drug-likeness (QED) is 0.177. The molecule has 5 nitrogen and oxygen atoms in total. The Morgan fingerprint density at radius 2 is 1.20 bits per heavy atom. The van der Waals surface area contributed by atoms with Gasteiger partial charge in [-0.25, -0.2) is 4.98 Å². The third-order valence-corrected chi connectivity index (χ3v) is 12.0. The van der Waals surface area contributed by atoms with Gasteiger partial charge in [0.25, 0.3) is 0 Å². The molecular weight excluding hydrogens is 695 g/mol. The van der Waals surface area contributed by atoms with Crippen molar-refractivity contribution < 1.29 is 8.83 Å². The molecule has 0 atom stereocenters. The van der Waals surface area contributed by atoms with Crippen molar-refractivity contribution in [1.29, 1.82) is 0 Å². The van der Waals surface area contributed by atoms with Crippen molar-refractivity contribution in [3.63, 3.8) is 0 Å². The van der Waals surface area contributed by atoms with E-state index >= 15 is 0 Å². The number of nitrogens with zero attached hydrogens (tertiary/aromatic N) is 3. The zero-order valence-electron chi connectivity index (χ0n) is 29.3. The van der Waals surface area contributed by atoms with Gasteiger partial charge < -0.3 is 18.3 Å². The highest BCUT2D eigenvalue weighted by Crippen LogP contribution is 2.50. The molecule has 0 bridgehead atoms. The smallest absolute Gasteiger partial charge is 0.227 e. The van der Waals surface area contributed by atoms with Gasteiger partial charge in [-0.15, -0.1) is 11.3 Å². The molecule has 55 heavy (non-hydrogen) atoms. The molecule has 0 N–H and O–H groups in total. The molecule has 0 saturated carbocycles. The molecule has 258 valence electrons. The lowest BCUT2D eigenvalue weighted by Gasteiger charge is -2.26. The van der Waals surface area contributed by atoms with Crippen molar-refractivity contribution >= 4 is 103 Å². The molecule has 12 aromatic rings. The summed E-state index contributed by atoms with van der Waals surface area (Å²) < 4.78 is 18.5. The van der Waals surface area contributed by atoms with Crippen LogP contribution in [0.1, 0.15) is 0 Å². The first kappa shape index (κ1) is 30.3. The maximum atomic E-state index is 6.95. The van der Waals surface area contributed by atoms with Gasteiger partial charge in [-0.05, 0) is 72.8 Å². The van der Waals surface area contributed by atoms with Gasteiger partial charge in [0.05, 0.1) is 27.8 Å². The van der Waals surface area contributed by atoms with E-state index in [9.17, 15) is 0 Å². The van der Waals surface area contributed by atoms with Crippen molar-refractivity contribution in [3.05, 3.63) is 176 Å². The van der Waals surface area contributed by atoms with Gasteiger partial charge in [0, 0.05) is 59.3 Å². The summed E-state index contributed by atoms with van der Waals surface area (Å²) in [6, 6.07) is 61.8. The number of aromatic nitrogens is 2. The number of fused-ring (bicyclic) bond motifs is 11. The van der Waals surface area contributed by atoms with Crippen LogP contribution in [0.4, 0.5) is 17.1 Å². The molecule has 0 fully saturated rings. The molecule has 0 spiro atoms. The standard InChI is InChI=1S/C49H29N3O2S/c1-3-14-30(15-4-1)49-50-47-46-35-20-8-11-24-41(35)53-42(46)29-40(48(47)54-49)52(32-26-27-44-36(28-32)33-18-9-12-25-43(33)55-44)39-23-13-22-38-45(39)34-19-7-10-21-37(34)51(38)31-16-5-2-6-17-31/h1-29H. The Bertz CT molecular complexity index is 3450. The van der Waals surface area contributed by atoms with Gasteiger partial charge in [0.15, 0.2) is 5.58 Å². The first-order valence-corrected chi connectivity index (χ1v) is 19.2.